The van der Waals surface area contributed by atoms with Crippen LogP contribution >= 0.6 is 0 Å². The van der Waals surface area contributed by atoms with Crippen LogP contribution in [0.25, 0.3) is 0 Å². The highest BCUT2D eigenvalue weighted by atomic mass is 16.5. The van der Waals surface area contributed by atoms with E-state index in [1.54, 1.807) is 26.2 Å². The predicted molar refractivity (Wildman–Crippen MR) is 200 cm³/mol. The summed E-state index contributed by atoms with van der Waals surface area (Å²) in [6.07, 6.45) is 11.5. The molecule has 1 unspecified atom stereocenters. The highest BCUT2D eigenvalue weighted by Gasteiger charge is 2.74. The fraction of sp³-hybridized carbons (Fsp3) is 0.581. The van der Waals surface area contributed by atoms with Crippen LogP contribution in [0.5, 0.6) is 17.2 Å². The van der Waals surface area contributed by atoms with E-state index in [4.69, 9.17) is 14.2 Å². The van der Waals surface area contributed by atoms with Gasteiger partial charge in [-0.15, -0.1) is 0 Å². The molecule has 2 aromatic rings. The number of aliphatic hydroxyl groups excluding tert-OH is 1. The summed E-state index contributed by atoms with van der Waals surface area (Å²) in [5.41, 5.74) is -0.748. The Morgan fingerprint density at radius 3 is 2.21 bits per heavy atom. The van der Waals surface area contributed by atoms with Crippen LogP contribution in [0.2, 0.25) is 0 Å². The van der Waals surface area contributed by atoms with Crippen molar-refractivity contribution in [1.29, 1.82) is 0 Å². The van der Waals surface area contributed by atoms with Crippen molar-refractivity contribution in [2.24, 2.45) is 33.5 Å². The number of hydrogen-bond donors (Lipinski definition) is 3. The molecule has 9 nitrogen and oxygen atoms in total. The van der Waals surface area contributed by atoms with Gasteiger partial charge in [0, 0.05) is 45.1 Å². The summed E-state index contributed by atoms with van der Waals surface area (Å²) in [5, 5.41) is 27.2. The average molecular weight is 713 g/mol. The number of nitrogens with zero attached hydrogens (tertiary/aromatic N) is 1. The smallest absolute Gasteiger partial charge is 0.317 e. The number of carbonyl (C=O) groups excluding carboxylic acids is 2. The van der Waals surface area contributed by atoms with Crippen LogP contribution in [-0.2, 0) is 6.54 Å². The number of fused-ring (bicyclic) bond motifs is 1. The number of allylic oxidation sites excluding steroid dienone is 4. The number of benzene rings is 2. The number of nitrogens with one attached hydrogen (secondary N) is 1. The van der Waals surface area contributed by atoms with Gasteiger partial charge in [-0.1, -0.05) is 32.1 Å². The molecule has 0 saturated heterocycles. The first-order valence-electron chi connectivity index (χ1n) is 19.0. The van der Waals surface area contributed by atoms with Crippen LogP contribution in [0, 0.1) is 33.5 Å². The Hall–Kier alpha value is -3.82. The standard InChI is InChI=1S/C43H56N2O7/c1-27(2)44-38(48)45(25-29-10-13-32(51-6)22-34(29)52-7)26-42(49)19-16-36-40(42,4)18-15-35-39(3)17-14-30(46)23-41(39)20-21-43(35,36)33(24-41)37(47)28-8-11-31(50-5)12-9-28/h8-13,20-22,24,27,30,35-36,46,49H,14-19,23,25-26H2,1-7H3,(H,44,48)/t30?,35-,36-,39-,40+,41+,42-,43-/m1/s1. The largest absolute Gasteiger partial charge is 0.497 e. The van der Waals surface area contributed by atoms with Gasteiger partial charge in [-0.2, -0.15) is 0 Å². The van der Waals surface area contributed by atoms with E-state index < -0.39 is 27.9 Å². The van der Waals surface area contributed by atoms with Crippen molar-refractivity contribution in [2.75, 3.05) is 27.9 Å². The zero-order valence-electron chi connectivity index (χ0n) is 31.8. The summed E-state index contributed by atoms with van der Waals surface area (Å²) < 4.78 is 16.5. The molecular formula is C43H56N2O7. The fourth-order valence-electron chi connectivity index (χ4n) is 11.5. The normalized spacial score (nSPS) is 35.6. The molecule has 0 aromatic heterocycles. The van der Waals surface area contributed by atoms with Crippen LogP contribution in [0.15, 0.2) is 66.3 Å². The minimum atomic E-state index is -1.22. The second-order valence-electron chi connectivity index (χ2n) is 17.0. The Bertz CT molecular complexity index is 1790. The predicted octanol–water partition coefficient (Wildman–Crippen LogP) is 7.11. The van der Waals surface area contributed by atoms with Crippen molar-refractivity contribution in [3.05, 3.63) is 77.4 Å². The van der Waals surface area contributed by atoms with E-state index >= 15 is 0 Å². The average Bonchev–Trinajstić information content (AvgIpc) is 3.40. The Balaban J connectivity index is 1.30. The van der Waals surface area contributed by atoms with Gasteiger partial charge in [0.15, 0.2) is 5.78 Å². The first-order valence-corrected chi connectivity index (χ1v) is 19.0. The van der Waals surface area contributed by atoms with Gasteiger partial charge >= 0.3 is 6.03 Å². The van der Waals surface area contributed by atoms with Crippen LogP contribution < -0.4 is 19.5 Å². The second-order valence-corrected chi connectivity index (χ2v) is 17.0. The molecule has 6 aliphatic carbocycles. The molecule has 3 N–H and O–H groups in total. The summed E-state index contributed by atoms with van der Waals surface area (Å²) in [4.78, 5) is 30.6. The third kappa shape index (κ3) is 5.31. The van der Waals surface area contributed by atoms with Gasteiger partial charge in [-0.25, -0.2) is 4.79 Å². The maximum Gasteiger partial charge on any atom is 0.317 e. The molecule has 2 amide bonds. The second kappa shape index (κ2) is 12.9. The molecule has 280 valence electrons. The molecule has 0 heterocycles. The minimum absolute atomic E-state index is 0.00252. The minimum Gasteiger partial charge on any atom is -0.497 e. The SMILES string of the molecule is COc1ccc(C(=O)C2=C[C@@]34C=C[C@@]25[C@@H]2CC[C@@](O)(CN(Cc6ccc(OC)cc6OC)C(=O)NC(C)C)[C@@]2(C)CC[C@@H]5[C@@]3(C)CCC(O)C4)cc1. The zero-order chi connectivity index (χ0) is 37.3. The van der Waals surface area contributed by atoms with E-state index in [1.165, 1.54) is 0 Å². The fourth-order valence-corrected chi connectivity index (χ4v) is 11.5. The Morgan fingerprint density at radius 1 is 0.885 bits per heavy atom. The third-order valence-corrected chi connectivity index (χ3v) is 14.3. The highest BCUT2D eigenvalue weighted by molar-refractivity contribution is 6.10. The molecule has 0 aliphatic heterocycles. The summed E-state index contributed by atoms with van der Waals surface area (Å²) >= 11 is 0. The van der Waals surface area contributed by atoms with Crippen molar-refractivity contribution in [2.45, 2.75) is 96.9 Å². The number of ketones is 1. The molecule has 0 radical (unpaired) electrons. The summed E-state index contributed by atoms with van der Waals surface area (Å²) in [6.45, 7) is 8.84. The Labute approximate surface area is 308 Å². The zero-order valence-corrected chi connectivity index (χ0v) is 31.8. The van der Waals surface area contributed by atoms with Crippen molar-refractivity contribution in [3.8, 4) is 17.2 Å². The van der Waals surface area contributed by atoms with Crippen LogP contribution in [0.4, 0.5) is 4.79 Å². The first-order chi connectivity index (χ1) is 24.7. The Morgan fingerprint density at radius 2 is 1.54 bits per heavy atom. The number of aliphatic hydroxyl groups is 2. The molecule has 2 spiro atoms. The number of carbonyl (C=O) groups is 2. The summed E-state index contributed by atoms with van der Waals surface area (Å²) in [5.74, 6) is 2.09. The van der Waals surface area contributed by atoms with Crippen molar-refractivity contribution in [1.82, 2.24) is 10.2 Å². The number of rotatable bonds is 10. The lowest BCUT2D eigenvalue weighted by atomic mass is 9.32. The van der Waals surface area contributed by atoms with Crippen molar-refractivity contribution < 1.29 is 34.0 Å². The third-order valence-electron chi connectivity index (χ3n) is 14.3. The van der Waals surface area contributed by atoms with Crippen LogP contribution in [0.1, 0.15) is 88.6 Å². The maximum atomic E-state index is 14.9. The van der Waals surface area contributed by atoms with Gasteiger partial charge in [0.05, 0.1) is 46.1 Å². The topological polar surface area (TPSA) is 118 Å². The van der Waals surface area contributed by atoms with E-state index in [0.29, 0.717) is 35.7 Å². The number of amides is 2. The van der Waals surface area contributed by atoms with E-state index in [9.17, 15) is 19.8 Å². The molecule has 2 aromatic carbocycles. The number of hydrogen-bond acceptors (Lipinski definition) is 7. The lowest BCUT2D eigenvalue weighted by molar-refractivity contribution is -0.174. The lowest BCUT2D eigenvalue weighted by Crippen LogP contribution is -2.67. The number of ether oxygens (including phenoxy) is 3. The lowest BCUT2D eigenvalue weighted by Gasteiger charge is -2.71. The molecule has 2 bridgehead atoms. The summed E-state index contributed by atoms with van der Waals surface area (Å²) in [6, 6.07) is 12.6. The molecule has 8 rings (SSSR count). The van der Waals surface area contributed by atoms with Gasteiger partial charge in [0.1, 0.15) is 17.2 Å². The van der Waals surface area contributed by atoms with Crippen LogP contribution in [0.3, 0.4) is 0 Å². The maximum absolute atomic E-state index is 14.9. The van der Waals surface area contributed by atoms with Crippen molar-refractivity contribution >= 4 is 11.8 Å². The number of methoxy groups -OCH3 is 3. The first kappa shape index (κ1) is 36.5. The molecule has 6 aliphatic rings. The molecule has 52 heavy (non-hydrogen) atoms. The number of urea groups is 1. The quantitative estimate of drug-likeness (QED) is 0.178. The van der Waals surface area contributed by atoms with Gasteiger partial charge in [-0.3, -0.25) is 4.79 Å². The van der Waals surface area contributed by atoms with Gasteiger partial charge in [0.2, 0.25) is 0 Å². The van der Waals surface area contributed by atoms with E-state index in [2.05, 4.69) is 37.4 Å². The van der Waals surface area contributed by atoms with E-state index in [0.717, 1.165) is 43.2 Å². The van der Waals surface area contributed by atoms with Crippen LogP contribution in [-0.4, -0.2) is 72.5 Å². The van der Waals surface area contributed by atoms with Crippen molar-refractivity contribution in [3.63, 3.8) is 0 Å². The molecule has 3 fully saturated rings. The number of Topliss-reactive ketones (excluding diaryl/α,β-unsaturated/α-hetero) is 1. The van der Waals surface area contributed by atoms with Gasteiger partial charge in [0.25, 0.3) is 0 Å². The van der Waals surface area contributed by atoms with E-state index in [1.807, 2.05) is 56.3 Å². The molecule has 8 atom stereocenters. The molecular weight excluding hydrogens is 656 g/mol. The highest BCUT2D eigenvalue weighted by Crippen LogP contribution is 2.78. The molecule has 3 saturated carbocycles. The summed E-state index contributed by atoms with van der Waals surface area (Å²) in [7, 11) is 4.83. The van der Waals surface area contributed by atoms with Gasteiger partial charge < -0.3 is 34.6 Å². The van der Waals surface area contributed by atoms with Gasteiger partial charge in [-0.05, 0) is 112 Å². The van der Waals surface area contributed by atoms with E-state index in [-0.39, 0.29) is 48.2 Å². The monoisotopic (exact) mass is 712 g/mol. The molecule has 9 heteroatoms. The Kier molecular flexibility index (Phi) is 9.09.